The number of amides is 1. The first-order valence-electron chi connectivity index (χ1n) is 6.26. The van der Waals surface area contributed by atoms with Crippen LogP contribution in [0.15, 0.2) is 24.3 Å². The van der Waals surface area contributed by atoms with E-state index in [9.17, 15) is 9.59 Å². The fraction of sp³-hybridized carbons (Fsp3) is 0.429. The summed E-state index contributed by atoms with van der Waals surface area (Å²) in [6.45, 7) is 3.71. The highest BCUT2D eigenvalue weighted by molar-refractivity contribution is 6.30. The number of carbonyl (C=O) groups excluding carboxylic acids is 1. The predicted octanol–water partition coefficient (Wildman–Crippen LogP) is 2.29. The molecule has 1 aromatic rings. The number of nitrogens with zero attached hydrogens (tertiary/aromatic N) is 1. The van der Waals surface area contributed by atoms with E-state index >= 15 is 0 Å². The number of aliphatic carboxylic acids is 1. The van der Waals surface area contributed by atoms with Crippen molar-refractivity contribution < 1.29 is 19.4 Å². The largest absolute Gasteiger partial charge is 0.484 e. The maximum atomic E-state index is 12.0. The number of carbonyl (C=O) groups is 2. The molecule has 1 rings (SSSR count). The predicted molar refractivity (Wildman–Crippen MR) is 76.0 cm³/mol. The van der Waals surface area contributed by atoms with Gasteiger partial charge >= 0.3 is 5.97 Å². The van der Waals surface area contributed by atoms with Gasteiger partial charge in [0, 0.05) is 11.6 Å². The Morgan fingerprint density at radius 1 is 1.30 bits per heavy atom. The summed E-state index contributed by atoms with van der Waals surface area (Å²) in [6, 6.07) is 6.62. The summed E-state index contributed by atoms with van der Waals surface area (Å²) in [5, 5.41) is 9.39. The van der Waals surface area contributed by atoms with Crippen LogP contribution in [-0.2, 0) is 9.59 Å². The highest BCUT2D eigenvalue weighted by Gasteiger charge is 2.18. The molecular formula is C14H18ClNO4. The lowest BCUT2D eigenvalue weighted by Crippen LogP contribution is -2.40. The summed E-state index contributed by atoms with van der Waals surface area (Å²) in [6.07, 6.45) is 0. The van der Waals surface area contributed by atoms with Gasteiger partial charge in [0.25, 0.3) is 5.91 Å². The molecule has 0 saturated carbocycles. The van der Waals surface area contributed by atoms with E-state index < -0.39 is 5.97 Å². The number of rotatable bonds is 7. The summed E-state index contributed by atoms with van der Waals surface area (Å²) in [7, 11) is 0. The molecule has 0 fully saturated rings. The highest BCUT2D eigenvalue weighted by Crippen LogP contribution is 2.15. The number of ether oxygens (including phenoxy) is 1. The Morgan fingerprint density at radius 3 is 2.40 bits per heavy atom. The summed E-state index contributed by atoms with van der Waals surface area (Å²) >= 11 is 5.74. The van der Waals surface area contributed by atoms with Crippen molar-refractivity contribution in [3.63, 3.8) is 0 Å². The van der Waals surface area contributed by atoms with Crippen molar-refractivity contribution >= 4 is 23.5 Å². The Kier molecular flexibility index (Phi) is 6.31. The molecule has 1 N–H and O–H groups in total. The molecule has 0 aliphatic rings. The fourth-order valence-corrected chi connectivity index (χ4v) is 1.75. The molecule has 0 spiro atoms. The van der Waals surface area contributed by atoms with E-state index in [0.717, 1.165) is 0 Å². The van der Waals surface area contributed by atoms with Crippen molar-refractivity contribution in [3.05, 3.63) is 29.3 Å². The smallest absolute Gasteiger partial charge is 0.323 e. The minimum Gasteiger partial charge on any atom is -0.484 e. The first-order chi connectivity index (χ1) is 9.38. The third-order valence-corrected chi connectivity index (χ3v) is 2.69. The van der Waals surface area contributed by atoms with E-state index in [2.05, 4.69) is 0 Å². The molecule has 1 aromatic carbocycles. The summed E-state index contributed by atoms with van der Waals surface area (Å²) in [5.74, 6) is -0.682. The molecule has 0 bridgehead atoms. The minimum atomic E-state index is -1.04. The monoisotopic (exact) mass is 299 g/mol. The normalized spacial score (nSPS) is 10.4. The lowest BCUT2D eigenvalue weighted by Gasteiger charge is -2.22. The van der Waals surface area contributed by atoms with Crippen LogP contribution in [0.25, 0.3) is 0 Å². The van der Waals surface area contributed by atoms with Gasteiger partial charge in [0.15, 0.2) is 6.61 Å². The Hall–Kier alpha value is -1.75. The molecule has 0 atom stereocenters. The highest BCUT2D eigenvalue weighted by atomic mass is 35.5. The first kappa shape index (κ1) is 16.3. The maximum absolute atomic E-state index is 12.0. The van der Waals surface area contributed by atoms with E-state index in [-0.39, 0.29) is 25.0 Å². The summed E-state index contributed by atoms with van der Waals surface area (Å²) < 4.78 is 5.32. The number of hydrogen-bond acceptors (Lipinski definition) is 3. The van der Waals surface area contributed by atoms with E-state index in [1.54, 1.807) is 24.3 Å². The van der Waals surface area contributed by atoms with Crippen LogP contribution in [0, 0.1) is 5.92 Å². The van der Waals surface area contributed by atoms with Gasteiger partial charge in [0.1, 0.15) is 12.3 Å². The van der Waals surface area contributed by atoms with Crippen LogP contribution < -0.4 is 4.74 Å². The second kappa shape index (κ2) is 7.75. The van der Waals surface area contributed by atoms with Gasteiger partial charge in [0.2, 0.25) is 0 Å². The van der Waals surface area contributed by atoms with Crippen LogP contribution >= 0.6 is 11.6 Å². The Bertz CT molecular complexity index is 459. The van der Waals surface area contributed by atoms with Crippen LogP contribution in [0.5, 0.6) is 5.75 Å². The van der Waals surface area contributed by atoms with Crippen LogP contribution in [0.4, 0.5) is 0 Å². The van der Waals surface area contributed by atoms with E-state index in [0.29, 0.717) is 17.3 Å². The van der Waals surface area contributed by atoms with Crippen LogP contribution in [0.3, 0.4) is 0 Å². The molecular weight excluding hydrogens is 282 g/mol. The second-order valence-corrected chi connectivity index (χ2v) is 5.24. The zero-order valence-electron chi connectivity index (χ0n) is 11.5. The average Bonchev–Trinajstić information content (AvgIpc) is 2.36. The van der Waals surface area contributed by atoms with Crippen molar-refractivity contribution in [3.8, 4) is 5.75 Å². The van der Waals surface area contributed by atoms with Crippen molar-refractivity contribution in [1.29, 1.82) is 0 Å². The molecule has 0 aromatic heterocycles. The Morgan fingerprint density at radius 2 is 1.90 bits per heavy atom. The number of benzene rings is 1. The lowest BCUT2D eigenvalue weighted by molar-refractivity contribution is -0.145. The minimum absolute atomic E-state index is 0.189. The summed E-state index contributed by atoms with van der Waals surface area (Å²) in [4.78, 5) is 24.0. The average molecular weight is 300 g/mol. The van der Waals surface area contributed by atoms with Crippen LogP contribution in [0.2, 0.25) is 5.02 Å². The van der Waals surface area contributed by atoms with Gasteiger partial charge in [-0.05, 0) is 30.2 Å². The van der Waals surface area contributed by atoms with Gasteiger partial charge in [-0.3, -0.25) is 9.59 Å². The van der Waals surface area contributed by atoms with Gasteiger partial charge in [-0.2, -0.15) is 0 Å². The van der Waals surface area contributed by atoms with Crippen molar-refractivity contribution in [2.24, 2.45) is 5.92 Å². The Labute approximate surface area is 123 Å². The number of hydrogen-bond donors (Lipinski definition) is 1. The van der Waals surface area contributed by atoms with Gasteiger partial charge in [-0.1, -0.05) is 25.4 Å². The van der Waals surface area contributed by atoms with E-state index in [1.807, 2.05) is 13.8 Å². The third kappa shape index (κ3) is 5.93. The van der Waals surface area contributed by atoms with Gasteiger partial charge < -0.3 is 14.7 Å². The molecule has 0 unspecified atom stereocenters. The van der Waals surface area contributed by atoms with Crippen molar-refractivity contribution in [2.75, 3.05) is 19.7 Å². The summed E-state index contributed by atoms with van der Waals surface area (Å²) in [5.41, 5.74) is 0. The number of halogens is 1. The molecule has 5 nitrogen and oxygen atoms in total. The molecule has 0 heterocycles. The lowest BCUT2D eigenvalue weighted by atomic mass is 10.2. The number of carboxylic acids is 1. The zero-order chi connectivity index (χ0) is 15.1. The maximum Gasteiger partial charge on any atom is 0.323 e. The molecule has 0 aliphatic heterocycles. The third-order valence-electron chi connectivity index (χ3n) is 2.44. The van der Waals surface area contributed by atoms with Crippen LogP contribution in [0.1, 0.15) is 13.8 Å². The van der Waals surface area contributed by atoms with Gasteiger partial charge in [-0.25, -0.2) is 0 Å². The molecule has 110 valence electrons. The number of carboxylic acid groups (broad SMARTS) is 1. The molecule has 0 saturated heterocycles. The van der Waals surface area contributed by atoms with Gasteiger partial charge in [0.05, 0.1) is 0 Å². The van der Waals surface area contributed by atoms with Crippen molar-refractivity contribution in [1.82, 2.24) is 4.90 Å². The standard InChI is InChI=1S/C14H18ClNO4/c1-10(2)7-16(8-14(18)19)13(17)9-20-12-5-3-11(15)4-6-12/h3-6,10H,7-9H2,1-2H3,(H,18,19). The van der Waals surface area contributed by atoms with Crippen LogP contribution in [-0.4, -0.2) is 41.6 Å². The Balaban J connectivity index is 2.56. The SMILES string of the molecule is CC(C)CN(CC(=O)O)C(=O)COc1ccc(Cl)cc1. The molecule has 0 radical (unpaired) electrons. The first-order valence-corrected chi connectivity index (χ1v) is 6.64. The molecule has 1 amide bonds. The zero-order valence-corrected chi connectivity index (χ0v) is 12.3. The molecule has 0 aliphatic carbocycles. The van der Waals surface area contributed by atoms with E-state index in [4.69, 9.17) is 21.4 Å². The topological polar surface area (TPSA) is 66.8 Å². The molecule has 6 heteroatoms. The molecule has 20 heavy (non-hydrogen) atoms. The van der Waals surface area contributed by atoms with Gasteiger partial charge in [-0.15, -0.1) is 0 Å². The second-order valence-electron chi connectivity index (χ2n) is 4.80. The van der Waals surface area contributed by atoms with E-state index in [1.165, 1.54) is 4.90 Å². The fourth-order valence-electron chi connectivity index (χ4n) is 1.63. The quantitative estimate of drug-likeness (QED) is 0.839. The van der Waals surface area contributed by atoms with Crippen molar-refractivity contribution in [2.45, 2.75) is 13.8 Å².